The van der Waals surface area contributed by atoms with Gasteiger partial charge >= 0.3 is 0 Å². The molecule has 0 bridgehead atoms. The van der Waals surface area contributed by atoms with Crippen LogP contribution < -0.4 is 19.3 Å². The minimum Gasteiger partial charge on any atom is -0.497 e. The zero-order valence-electron chi connectivity index (χ0n) is 26.9. The number of benzene rings is 5. The van der Waals surface area contributed by atoms with Crippen LogP contribution in [0.4, 0.5) is 11.4 Å². The molecule has 5 aromatic rings. The summed E-state index contributed by atoms with van der Waals surface area (Å²) in [5, 5.41) is 0. The minimum atomic E-state index is -0.488. The zero-order chi connectivity index (χ0) is 33.7. The predicted octanol–water partition coefficient (Wildman–Crippen LogP) is 8.11. The van der Waals surface area contributed by atoms with Gasteiger partial charge in [-0.3, -0.25) is 19.2 Å². The SMILES string of the molecule is CCC(C)(c1ccc(OC)cc1)c1ccc(Oc2ccc3c(c2)C(=O)N(c2ccc(N4C(=O)c5ccc(C)cc5C4=O)cc2)C3=O)cc1. The lowest BCUT2D eigenvalue weighted by Crippen LogP contribution is -2.30. The quantitative estimate of drug-likeness (QED) is 0.160. The molecule has 5 aromatic carbocycles. The van der Waals surface area contributed by atoms with Gasteiger partial charge in [0.05, 0.1) is 40.7 Å². The Morgan fingerprint density at radius 1 is 0.542 bits per heavy atom. The fraction of sp³-hybridized carbons (Fsp3) is 0.150. The fourth-order valence-electron chi connectivity index (χ4n) is 6.42. The first kappa shape index (κ1) is 30.6. The lowest BCUT2D eigenvalue weighted by Gasteiger charge is -2.30. The van der Waals surface area contributed by atoms with Crippen molar-refractivity contribution in [3.05, 3.63) is 148 Å². The maximum absolute atomic E-state index is 13.5. The Hall–Kier alpha value is -6.02. The van der Waals surface area contributed by atoms with E-state index >= 15 is 0 Å². The maximum Gasteiger partial charge on any atom is 0.266 e. The first-order valence-electron chi connectivity index (χ1n) is 15.7. The van der Waals surface area contributed by atoms with E-state index in [1.165, 1.54) is 5.56 Å². The summed E-state index contributed by atoms with van der Waals surface area (Å²) in [6.07, 6.45) is 0.891. The van der Waals surface area contributed by atoms with Crippen molar-refractivity contribution in [2.24, 2.45) is 0 Å². The molecule has 0 spiro atoms. The summed E-state index contributed by atoms with van der Waals surface area (Å²) in [4.78, 5) is 55.1. The molecule has 238 valence electrons. The maximum atomic E-state index is 13.5. The molecule has 7 rings (SSSR count). The molecule has 0 aromatic heterocycles. The van der Waals surface area contributed by atoms with E-state index in [9.17, 15) is 19.2 Å². The minimum absolute atomic E-state index is 0.212. The number of aryl methyl sites for hydroxylation is 1. The smallest absolute Gasteiger partial charge is 0.266 e. The first-order valence-corrected chi connectivity index (χ1v) is 15.7. The van der Waals surface area contributed by atoms with Crippen LogP contribution in [0, 0.1) is 6.92 Å². The van der Waals surface area contributed by atoms with Gasteiger partial charge in [-0.15, -0.1) is 0 Å². The third-order valence-corrected chi connectivity index (χ3v) is 9.43. The van der Waals surface area contributed by atoms with Gasteiger partial charge in [0.1, 0.15) is 17.2 Å². The van der Waals surface area contributed by atoms with Crippen LogP contribution in [0.5, 0.6) is 17.2 Å². The second-order valence-electron chi connectivity index (χ2n) is 12.2. The number of hydrogen-bond acceptors (Lipinski definition) is 6. The molecule has 2 aliphatic rings. The molecule has 8 nitrogen and oxygen atoms in total. The van der Waals surface area contributed by atoms with Crippen molar-refractivity contribution in [2.75, 3.05) is 16.9 Å². The van der Waals surface area contributed by atoms with Gasteiger partial charge in [0, 0.05) is 5.41 Å². The Morgan fingerprint density at radius 2 is 0.979 bits per heavy atom. The molecular weight excluding hydrogens is 604 g/mol. The third kappa shape index (κ3) is 4.93. The Balaban J connectivity index is 1.08. The summed E-state index contributed by atoms with van der Waals surface area (Å²) in [7, 11) is 1.65. The van der Waals surface area contributed by atoms with Gasteiger partial charge in [0.15, 0.2) is 0 Å². The number of hydrogen-bond donors (Lipinski definition) is 0. The Morgan fingerprint density at radius 3 is 1.48 bits per heavy atom. The van der Waals surface area contributed by atoms with Gasteiger partial charge in [-0.05, 0) is 103 Å². The van der Waals surface area contributed by atoms with Gasteiger partial charge in [-0.25, -0.2) is 9.80 Å². The number of nitrogens with zero attached hydrogens (tertiary/aromatic N) is 2. The van der Waals surface area contributed by atoms with Crippen LogP contribution in [0.15, 0.2) is 109 Å². The van der Waals surface area contributed by atoms with Gasteiger partial charge in [-0.2, -0.15) is 0 Å². The number of imide groups is 2. The Bertz CT molecular complexity index is 2120. The summed E-state index contributed by atoms with van der Waals surface area (Å²) in [6, 6.07) is 32.2. The van der Waals surface area contributed by atoms with E-state index in [-0.39, 0.29) is 16.5 Å². The molecule has 0 saturated heterocycles. The molecule has 0 aliphatic carbocycles. The van der Waals surface area contributed by atoms with Crippen LogP contribution in [-0.4, -0.2) is 30.7 Å². The summed E-state index contributed by atoms with van der Waals surface area (Å²) in [5.74, 6) is 0.0538. The number of anilines is 2. The third-order valence-electron chi connectivity index (χ3n) is 9.43. The van der Waals surface area contributed by atoms with Crippen LogP contribution in [0.3, 0.4) is 0 Å². The van der Waals surface area contributed by atoms with Crippen molar-refractivity contribution in [1.29, 1.82) is 0 Å². The van der Waals surface area contributed by atoms with Crippen molar-refractivity contribution >= 4 is 35.0 Å². The zero-order valence-corrected chi connectivity index (χ0v) is 26.9. The number of carbonyl (C=O) groups is 4. The average Bonchev–Trinajstić information content (AvgIpc) is 3.51. The van der Waals surface area contributed by atoms with Gasteiger partial charge in [-0.1, -0.05) is 49.7 Å². The predicted molar refractivity (Wildman–Crippen MR) is 183 cm³/mol. The van der Waals surface area contributed by atoms with E-state index in [0.717, 1.165) is 33.1 Å². The Kier molecular flexibility index (Phi) is 7.43. The van der Waals surface area contributed by atoms with Gasteiger partial charge in [0.2, 0.25) is 0 Å². The number of rotatable bonds is 8. The van der Waals surface area contributed by atoms with Crippen molar-refractivity contribution in [3.8, 4) is 17.2 Å². The van der Waals surface area contributed by atoms with Crippen LogP contribution in [0.25, 0.3) is 0 Å². The number of carbonyl (C=O) groups excluding carboxylic acids is 4. The van der Waals surface area contributed by atoms with Gasteiger partial charge in [0.25, 0.3) is 23.6 Å². The highest BCUT2D eigenvalue weighted by Gasteiger charge is 2.39. The topological polar surface area (TPSA) is 93.2 Å². The number of amides is 4. The monoisotopic (exact) mass is 636 g/mol. The second kappa shape index (κ2) is 11.7. The molecule has 1 atom stereocenters. The molecule has 2 heterocycles. The number of methoxy groups -OCH3 is 1. The lowest BCUT2D eigenvalue weighted by atomic mass is 9.74. The molecule has 0 fully saturated rings. The van der Waals surface area contributed by atoms with E-state index in [2.05, 4.69) is 26.0 Å². The van der Waals surface area contributed by atoms with E-state index in [4.69, 9.17) is 9.47 Å². The van der Waals surface area contributed by atoms with Gasteiger partial charge < -0.3 is 9.47 Å². The first-order chi connectivity index (χ1) is 23.1. The molecule has 8 heteroatoms. The largest absolute Gasteiger partial charge is 0.497 e. The molecule has 0 radical (unpaired) electrons. The van der Waals surface area contributed by atoms with Crippen molar-refractivity contribution in [1.82, 2.24) is 0 Å². The fourth-order valence-corrected chi connectivity index (χ4v) is 6.42. The number of ether oxygens (including phenoxy) is 2. The van der Waals surface area contributed by atoms with E-state index in [1.54, 1.807) is 67.8 Å². The molecule has 0 saturated carbocycles. The van der Waals surface area contributed by atoms with Crippen LogP contribution >= 0.6 is 0 Å². The van der Waals surface area contributed by atoms with Crippen molar-refractivity contribution in [2.45, 2.75) is 32.6 Å². The van der Waals surface area contributed by atoms with Crippen molar-refractivity contribution < 1.29 is 28.7 Å². The highest BCUT2D eigenvalue weighted by atomic mass is 16.5. The van der Waals surface area contributed by atoms with Crippen LogP contribution in [0.1, 0.15) is 78.4 Å². The summed E-state index contributed by atoms with van der Waals surface area (Å²) in [5.41, 5.74) is 4.85. The number of fused-ring (bicyclic) bond motifs is 2. The van der Waals surface area contributed by atoms with Crippen LogP contribution in [0.2, 0.25) is 0 Å². The molecule has 1 unspecified atom stereocenters. The Labute approximate surface area is 278 Å². The summed E-state index contributed by atoms with van der Waals surface area (Å²) < 4.78 is 11.4. The lowest BCUT2D eigenvalue weighted by molar-refractivity contribution is 0.0909. The van der Waals surface area contributed by atoms with E-state index in [1.807, 2.05) is 43.3 Å². The van der Waals surface area contributed by atoms with E-state index in [0.29, 0.717) is 34.0 Å². The van der Waals surface area contributed by atoms with E-state index < -0.39 is 23.6 Å². The standard InChI is InChI=1S/C40H32N2O6/c1-5-40(3,25-7-15-29(47-4)16-8-25)26-9-17-30(18-10-26)48-31-19-21-33-35(23-31)39(46)42(37(33)44)28-13-11-27(12-14-28)41-36(43)32-20-6-24(2)22-34(32)38(41)45/h6-23H,5H2,1-4H3. The molecule has 0 N–H and O–H groups in total. The highest BCUT2D eigenvalue weighted by molar-refractivity contribution is 6.35. The van der Waals surface area contributed by atoms with Crippen LogP contribution in [-0.2, 0) is 5.41 Å². The average molecular weight is 637 g/mol. The van der Waals surface area contributed by atoms with Crippen molar-refractivity contribution in [3.63, 3.8) is 0 Å². The highest BCUT2D eigenvalue weighted by Crippen LogP contribution is 2.38. The normalized spacial score (nSPS) is 15.0. The summed E-state index contributed by atoms with van der Waals surface area (Å²) in [6.45, 7) is 6.22. The molecular formula is C40H32N2O6. The summed E-state index contributed by atoms with van der Waals surface area (Å²) >= 11 is 0. The second-order valence-corrected chi connectivity index (χ2v) is 12.2. The molecule has 2 aliphatic heterocycles. The molecule has 4 amide bonds. The molecule has 48 heavy (non-hydrogen) atoms.